The van der Waals surface area contributed by atoms with Crippen molar-refractivity contribution in [3.05, 3.63) is 69.9 Å². The van der Waals surface area contributed by atoms with Crippen molar-refractivity contribution in [3.8, 4) is 5.75 Å². The van der Waals surface area contributed by atoms with Crippen LogP contribution in [0.3, 0.4) is 0 Å². The van der Waals surface area contributed by atoms with E-state index in [0.29, 0.717) is 22.7 Å². The predicted octanol–water partition coefficient (Wildman–Crippen LogP) is 4.46. The molecular weight excluding hydrogens is 408 g/mol. The summed E-state index contributed by atoms with van der Waals surface area (Å²) in [5.74, 6) is 0.277. The molecule has 140 valence electrons. The maximum atomic E-state index is 12.7. The highest BCUT2D eigenvalue weighted by molar-refractivity contribution is 7.92. The molecule has 0 radical (unpaired) electrons. The van der Waals surface area contributed by atoms with Crippen molar-refractivity contribution in [1.82, 2.24) is 0 Å². The van der Waals surface area contributed by atoms with Crippen molar-refractivity contribution in [2.24, 2.45) is 0 Å². The van der Waals surface area contributed by atoms with Crippen LogP contribution in [0.2, 0.25) is 5.02 Å². The van der Waals surface area contributed by atoms with Crippen LogP contribution >= 0.6 is 22.9 Å². The Hall–Kier alpha value is -2.55. The van der Waals surface area contributed by atoms with Crippen molar-refractivity contribution in [3.63, 3.8) is 0 Å². The summed E-state index contributed by atoms with van der Waals surface area (Å²) in [6.45, 7) is 0. The second-order valence-electron chi connectivity index (χ2n) is 5.45. The number of hydrogen-bond acceptors (Lipinski definition) is 5. The molecule has 0 fully saturated rings. The van der Waals surface area contributed by atoms with Gasteiger partial charge >= 0.3 is 0 Å². The number of ether oxygens (including phenoxy) is 1. The van der Waals surface area contributed by atoms with Crippen LogP contribution in [0.4, 0.5) is 11.4 Å². The Morgan fingerprint density at radius 3 is 2.41 bits per heavy atom. The van der Waals surface area contributed by atoms with E-state index in [2.05, 4.69) is 10.0 Å². The number of amides is 1. The maximum Gasteiger partial charge on any atom is 0.263 e. The van der Waals surface area contributed by atoms with E-state index in [0.717, 1.165) is 0 Å². The summed E-state index contributed by atoms with van der Waals surface area (Å²) in [4.78, 5) is 12.0. The van der Waals surface area contributed by atoms with Gasteiger partial charge in [-0.05, 0) is 53.9 Å². The van der Waals surface area contributed by atoms with Crippen LogP contribution in [0.1, 0.15) is 10.4 Å². The summed E-state index contributed by atoms with van der Waals surface area (Å²) in [5, 5.41) is 6.19. The number of methoxy groups -OCH3 is 1. The van der Waals surface area contributed by atoms with Crippen LogP contribution in [0, 0.1) is 0 Å². The zero-order valence-corrected chi connectivity index (χ0v) is 16.5. The number of nitrogens with one attached hydrogen (secondary N) is 2. The van der Waals surface area contributed by atoms with Crippen LogP contribution in [0.15, 0.2) is 64.2 Å². The van der Waals surface area contributed by atoms with Gasteiger partial charge in [0.05, 0.1) is 17.7 Å². The Labute approximate surface area is 165 Å². The topological polar surface area (TPSA) is 84.5 Å². The molecule has 0 saturated carbocycles. The molecule has 1 aromatic heterocycles. The lowest BCUT2D eigenvalue weighted by Gasteiger charge is -2.12. The average Bonchev–Trinajstić information content (AvgIpc) is 3.18. The molecule has 9 heteroatoms. The summed E-state index contributed by atoms with van der Waals surface area (Å²) in [5.41, 5.74) is 1.18. The highest BCUT2D eigenvalue weighted by Gasteiger charge is 2.19. The van der Waals surface area contributed by atoms with Gasteiger partial charge in [0.2, 0.25) is 0 Å². The minimum Gasteiger partial charge on any atom is -0.497 e. The lowest BCUT2D eigenvalue weighted by atomic mass is 10.3. The van der Waals surface area contributed by atoms with Gasteiger partial charge in [0.15, 0.2) is 0 Å². The van der Waals surface area contributed by atoms with Crippen molar-refractivity contribution < 1.29 is 17.9 Å². The van der Waals surface area contributed by atoms with E-state index in [-0.39, 0.29) is 15.8 Å². The molecule has 2 N–H and O–H groups in total. The van der Waals surface area contributed by atoms with E-state index >= 15 is 0 Å². The smallest absolute Gasteiger partial charge is 0.263 e. The lowest BCUT2D eigenvalue weighted by molar-refractivity contribution is 0.102. The van der Waals surface area contributed by atoms with Gasteiger partial charge in [0, 0.05) is 16.8 Å². The van der Waals surface area contributed by atoms with Gasteiger partial charge in [-0.2, -0.15) is 11.3 Å². The Balaban J connectivity index is 1.84. The third-order valence-corrected chi connectivity index (χ3v) is 6.15. The fourth-order valence-electron chi connectivity index (χ4n) is 2.25. The second-order valence-corrected chi connectivity index (χ2v) is 8.28. The molecule has 27 heavy (non-hydrogen) atoms. The van der Waals surface area contributed by atoms with Crippen LogP contribution in [-0.4, -0.2) is 21.4 Å². The van der Waals surface area contributed by atoms with Crippen LogP contribution in [0.25, 0.3) is 0 Å². The largest absolute Gasteiger partial charge is 0.497 e. The fourth-order valence-corrected chi connectivity index (χ4v) is 4.47. The molecule has 0 unspecified atom stereocenters. The number of carbonyl (C=O) groups excluding carboxylic acids is 1. The average molecular weight is 423 g/mol. The maximum absolute atomic E-state index is 12.7. The monoisotopic (exact) mass is 422 g/mol. The zero-order chi connectivity index (χ0) is 19.4. The van der Waals surface area contributed by atoms with Gasteiger partial charge in [-0.3, -0.25) is 9.52 Å². The summed E-state index contributed by atoms with van der Waals surface area (Å²) < 4.78 is 32.9. The first-order valence-corrected chi connectivity index (χ1v) is 10.5. The van der Waals surface area contributed by atoms with Gasteiger partial charge in [-0.15, -0.1) is 0 Å². The SMILES string of the molecule is COc1ccc(NS(=O)(=O)c2cc(NC(=O)c3ccsc3)ccc2Cl)cc1. The van der Waals surface area contributed by atoms with Gasteiger partial charge in [0.25, 0.3) is 15.9 Å². The van der Waals surface area contributed by atoms with Gasteiger partial charge in [-0.1, -0.05) is 11.6 Å². The number of carbonyl (C=O) groups is 1. The first kappa shape index (κ1) is 19.2. The Morgan fingerprint density at radius 2 is 1.78 bits per heavy atom. The number of anilines is 2. The van der Waals surface area contributed by atoms with Crippen LogP contribution in [0.5, 0.6) is 5.75 Å². The Kier molecular flexibility index (Phi) is 5.69. The molecule has 0 aliphatic carbocycles. The fraction of sp³-hybridized carbons (Fsp3) is 0.0556. The molecule has 2 aromatic carbocycles. The molecule has 1 amide bonds. The predicted molar refractivity (Wildman–Crippen MR) is 108 cm³/mol. The molecule has 0 aliphatic rings. The molecule has 0 bridgehead atoms. The summed E-state index contributed by atoms with van der Waals surface area (Å²) >= 11 is 7.48. The molecular formula is C18H15ClN2O4S2. The number of thiophene rings is 1. The van der Waals surface area contributed by atoms with E-state index in [4.69, 9.17) is 16.3 Å². The molecule has 1 heterocycles. The van der Waals surface area contributed by atoms with Crippen LogP contribution in [-0.2, 0) is 10.0 Å². The zero-order valence-electron chi connectivity index (χ0n) is 14.1. The van der Waals surface area contributed by atoms with Gasteiger partial charge in [-0.25, -0.2) is 8.42 Å². The van der Waals surface area contributed by atoms with E-state index in [1.165, 1.54) is 30.6 Å². The molecule has 6 nitrogen and oxygen atoms in total. The highest BCUT2D eigenvalue weighted by atomic mass is 35.5. The van der Waals surface area contributed by atoms with E-state index in [1.807, 2.05) is 0 Å². The summed E-state index contributed by atoms with van der Waals surface area (Å²) in [6, 6.07) is 12.4. The third-order valence-electron chi connectivity index (χ3n) is 3.60. The van der Waals surface area contributed by atoms with Crippen molar-refractivity contribution in [2.45, 2.75) is 4.90 Å². The number of halogens is 1. The van der Waals surface area contributed by atoms with E-state index in [1.54, 1.807) is 47.2 Å². The second kappa shape index (κ2) is 7.99. The molecule has 0 atom stereocenters. The number of benzene rings is 2. The third kappa shape index (κ3) is 4.60. The van der Waals surface area contributed by atoms with E-state index < -0.39 is 10.0 Å². The molecule has 3 aromatic rings. The summed E-state index contributed by atoms with van der Waals surface area (Å²) in [7, 11) is -2.43. The van der Waals surface area contributed by atoms with E-state index in [9.17, 15) is 13.2 Å². The van der Waals surface area contributed by atoms with Crippen molar-refractivity contribution in [1.29, 1.82) is 0 Å². The number of hydrogen-bond donors (Lipinski definition) is 2. The Bertz CT molecular complexity index is 1050. The lowest BCUT2D eigenvalue weighted by Crippen LogP contribution is -2.15. The molecule has 3 rings (SSSR count). The number of sulfonamides is 1. The van der Waals surface area contributed by atoms with Crippen LogP contribution < -0.4 is 14.8 Å². The van der Waals surface area contributed by atoms with Gasteiger partial charge < -0.3 is 10.1 Å². The normalized spacial score (nSPS) is 11.0. The number of rotatable bonds is 6. The standard InChI is InChI=1S/C18H15ClN2O4S2/c1-25-15-5-2-13(3-6-15)21-27(23,24)17-10-14(4-7-16(17)19)20-18(22)12-8-9-26-11-12/h2-11,21H,1H3,(H,20,22). The Morgan fingerprint density at radius 1 is 1.07 bits per heavy atom. The highest BCUT2D eigenvalue weighted by Crippen LogP contribution is 2.28. The molecule has 0 aliphatic heterocycles. The molecule has 0 spiro atoms. The quantitative estimate of drug-likeness (QED) is 0.614. The first-order valence-electron chi connectivity index (χ1n) is 7.69. The minimum absolute atomic E-state index is 0.0459. The first-order chi connectivity index (χ1) is 12.9. The van der Waals surface area contributed by atoms with Crippen molar-refractivity contribution in [2.75, 3.05) is 17.1 Å². The minimum atomic E-state index is -3.95. The van der Waals surface area contributed by atoms with Crippen molar-refractivity contribution >= 4 is 50.2 Å². The summed E-state index contributed by atoms with van der Waals surface area (Å²) in [6.07, 6.45) is 0. The molecule has 0 saturated heterocycles. The van der Waals surface area contributed by atoms with Gasteiger partial charge in [0.1, 0.15) is 10.6 Å².